The van der Waals surface area contributed by atoms with E-state index in [1.54, 1.807) is 13.2 Å². The van der Waals surface area contributed by atoms with Crippen molar-refractivity contribution in [3.63, 3.8) is 0 Å². The maximum absolute atomic E-state index is 12.8. The van der Waals surface area contributed by atoms with E-state index in [0.717, 1.165) is 16.9 Å². The Hall–Kier alpha value is -4.00. The van der Waals surface area contributed by atoms with Crippen molar-refractivity contribution in [1.82, 2.24) is 10.2 Å². The quantitative estimate of drug-likeness (QED) is 0.750. The fraction of sp³-hybridized carbons (Fsp3) is 0.200. The number of rotatable bonds is 6. The first kappa shape index (κ1) is 21.2. The Morgan fingerprint density at radius 1 is 1.12 bits per heavy atom. The van der Waals surface area contributed by atoms with Gasteiger partial charge in [0.25, 0.3) is 0 Å². The number of methoxy groups -OCH3 is 1. The minimum Gasteiger partial charge on any atom is -0.497 e. The Morgan fingerprint density at radius 3 is 2.75 bits per heavy atom. The zero-order chi connectivity index (χ0) is 22.3. The Bertz CT molecular complexity index is 1120. The van der Waals surface area contributed by atoms with Gasteiger partial charge >= 0.3 is 12.1 Å². The van der Waals surface area contributed by atoms with Crippen molar-refractivity contribution < 1.29 is 14.3 Å². The summed E-state index contributed by atoms with van der Waals surface area (Å²) in [6.45, 7) is 0.706. The van der Waals surface area contributed by atoms with E-state index in [4.69, 9.17) is 4.74 Å². The number of hydrogen-bond donors (Lipinski definition) is 1. The number of nitrogens with one attached hydrogen (secondary N) is 1. The molecule has 0 saturated heterocycles. The van der Waals surface area contributed by atoms with E-state index >= 15 is 0 Å². The van der Waals surface area contributed by atoms with Crippen LogP contribution in [0.4, 0.5) is 9.59 Å². The molecule has 2 aromatic carbocycles. The van der Waals surface area contributed by atoms with Gasteiger partial charge in [-0.25, -0.2) is 9.59 Å². The van der Waals surface area contributed by atoms with E-state index in [9.17, 15) is 9.59 Å². The van der Waals surface area contributed by atoms with Gasteiger partial charge in [-0.05, 0) is 35.8 Å². The number of aliphatic imine (C=N–C) groups is 2. The number of allylic oxidation sites excluding steroid dienone is 3. The highest BCUT2D eigenvalue weighted by Crippen LogP contribution is 2.22. The van der Waals surface area contributed by atoms with E-state index in [0.29, 0.717) is 31.1 Å². The number of fused-ring (bicyclic) bond motifs is 1. The largest absolute Gasteiger partial charge is 0.497 e. The van der Waals surface area contributed by atoms with Crippen LogP contribution in [0.3, 0.4) is 0 Å². The van der Waals surface area contributed by atoms with Gasteiger partial charge in [-0.2, -0.15) is 9.98 Å². The number of amidine groups is 1. The van der Waals surface area contributed by atoms with Crippen LogP contribution in [0.15, 0.2) is 88.9 Å². The fourth-order valence-electron chi connectivity index (χ4n) is 3.62. The zero-order valence-corrected chi connectivity index (χ0v) is 17.8. The summed E-state index contributed by atoms with van der Waals surface area (Å²) in [7, 11) is 1.62. The van der Waals surface area contributed by atoms with Crippen molar-refractivity contribution in [3.8, 4) is 5.75 Å². The Labute approximate surface area is 186 Å². The molecule has 0 fully saturated rings. The molecule has 7 nitrogen and oxygen atoms in total. The van der Waals surface area contributed by atoms with Crippen molar-refractivity contribution in [2.24, 2.45) is 15.9 Å². The van der Waals surface area contributed by atoms with Crippen molar-refractivity contribution in [2.45, 2.75) is 13.0 Å². The van der Waals surface area contributed by atoms with Crippen LogP contribution >= 0.6 is 0 Å². The Balaban J connectivity index is 1.54. The molecule has 162 valence electrons. The van der Waals surface area contributed by atoms with Crippen molar-refractivity contribution in [2.75, 3.05) is 13.7 Å². The maximum Gasteiger partial charge on any atom is 0.349 e. The van der Waals surface area contributed by atoms with E-state index < -0.39 is 12.1 Å². The number of urea groups is 2. The van der Waals surface area contributed by atoms with Gasteiger partial charge in [-0.1, -0.05) is 60.7 Å². The third-order valence-corrected chi connectivity index (χ3v) is 5.27. The van der Waals surface area contributed by atoms with E-state index in [1.165, 1.54) is 4.90 Å². The van der Waals surface area contributed by atoms with Crippen LogP contribution in [0.2, 0.25) is 0 Å². The van der Waals surface area contributed by atoms with Crippen molar-refractivity contribution >= 4 is 23.6 Å². The molecule has 4 amide bonds. The van der Waals surface area contributed by atoms with Crippen LogP contribution < -0.4 is 10.1 Å². The number of nitrogens with zero attached hydrogens (tertiary/aromatic N) is 3. The van der Waals surface area contributed by atoms with Crippen LogP contribution in [-0.2, 0) is 13.0 Å². The number of carbonyl (C=O) groups excluding carboxylic acids is 2. The van der Waals surface area contributed by atoms with E-state index in [-0.39, 0.29) is 5.92 Å². The first-order chi connectivity index (χ1) is 15.6. The third kappa shape index (κ3) is 5.00. The second-order valence-corrected chi connectivity index (χ2v) is 7.41. The summed E-state index contributed by atoms with van der Waals surface area (Å²) >= 11 is 0. The van der Waals surface area contributed by atoms with Crippen LogP contribution in [0.5, 0.6) is 5.75 Å². The first-order valence-corrected chi connectivity index (χ1v) is 10.4. The Kier molecular flexibility index (Phi) is 6.55. The summed E-state index contributed by atoms with van der Waals surface area (Å²) in [4.78, 5) is 35.4. The van der Waals surface area contributed by atoms with Gasteiger partial charge < -0.3 is 10.1 Å². The molecular weight excluding hydrogens is 404 g/mol. The molecule has 0 saturated carbocycles. The molecule has 7 heteroatoms. The summed E-state index contributed by atoms with van der Waals surface area (Å²) in [6.07, 6.45) is 7.94. The van der Waals surface area contributed by atoms with Crippen LogP contribution in [-0.4, -0.2) is 42.2 Å². The molecular formula is C25H24N4O3. The molecule has 0 radical (unpaired) electrons. The molecule has 1 aliphatic heterocycles. The SMILES string of the molecule is COc1cccc(CCN2C(=O)N=C3C=CC=CC3/C2=N/C(=O)NCc2ccccc2)c1. The predicted octanol–water partition coefficient (Wildman–Crippen LogP) is 4.16. The third-order valence-electron chi connectivity index (χ3n) is 5.27. The van der Waals surface area contributed by atoms with Gasteiger partial charge in [-0.3, -0.25) is 4.90 Å². The van der Waals surface area contributed by atoms with Crippen molar-refractivity contribution in [3.05, 3.63) is 90.0 Å². The van der Waals surface area contributed by atoms with Gasteiger partial charge in [0.1, 0.15) is 11.6 Å². The van der Waals surface area contributed by atoms with Crippen molar-refractivity contribution in [1.29, 1.82) is 0 Å². The lowest BCUT2D eigenvalue weighted by Crippen LogP contribution is -2.47. The van der Waals surface area contributed by atoms with Crippen LogP contribution in [0.1, 0.15) is 11.1 Å². The van der Waals surface area contributed by atoms with Gasteiger partial charge in [-0.15, -0.1) is 0 Å². The second kappa shape index (κ2) is 9.87. The number of carbonyl (C=O) groups is 2. The molecule has 2 aromatic rings. The highest BCUT2D eigenvalue weighted by Gasteiger charge is 2.34. The highest BCUT2D eigenvalue weighted by atomic mass is 16.5. The Morgan fingerprint density at radius 2 is 1.94 bits per heavy atom. The summed E-state index contributed by atoms with van der Waals surface area (Å²) in [6, 6.07) is 16.4. The lowest BCUT2D eigenvalue weighted by atomic mass is 9.94. The molecule has 0 bridgehead atoms. The molecule has 2 aliphatic rings. The lowest BCUT2D eigenvalue weighted by molar-refractivity contribution is 0.228. The normalized spacial score (nSPS) is 18.3. The molecule has 32 heavy (non-hydrogen) atoms. The summed E-state index contributed by atoms with van der Waals surface area (Å²) < 4.78 is 5.28. The summed E-state index contributed by atoms with van der Waals surface area (Å²) in [5, 5.41) is 2.80. The number of benzene rings is 2. The minimum absolute atomic E-state index is 0.342. The topological polar surface area (TPSA) is 83.4 Å². The molecule has 1 atom stereocenters. The molecule has 1 N–H and O–H groups in total. The number of amides is 4. The maximum atomic E-state index is 12.8. The van der Waals surface area contributed by atoms with Gasteiger partial charge in [0, 0.05) is 13.1 Å². The van der Waals surface area contributed by atoms with E-state index in [2.05, 4.69) is 15.3 Å². The molecule has 1 heterocycles. The lowest BCUT2D eigenvalue weighted by Gasteiger charge is -2.31. The summed E-state index contributed by atoms with van der Waals surface area (Å²) in [5.41, 5.74) is 2.57. The second-order valence-electron chi connectivity index (χ2n) is 7.41. The van der Waals surface area contributed by atoms with Crippen LogP contribution in [0, 0.1) is 5.92 Å². The number of hydrogen-bond acceptors (Lipinski definition) is 3. The fourth-order valence-corrected chi connectivity index (χ4v) is 3.62. The molecule has 4 rings (SSSR count). The zero-order valence-electron chi connectivity index (χ0n) is 17.8. The van der Waals surface area contributed by atoms with Gasteiger partial charge in [0.05, 0.1) is 18.7 Å². The summed E-state index contributed by atoms with van der Waals surface area (Å²) in [5.74, 6) is 0.793. The molecule has 0 aromatic heterocycles. The molecule has 1 unspecified atom stereocenters. The molecule has 1 aliphatic carbocycles. The standard InChI is InChI=1S/C25H24N4O3/c1-32-20-11-7-10-18(16-20)14-15-29-23(21-12-5-6-13-22(21)27-25(29)31)28-24(30)26-17-19-8-3-2-4-9-19/h2-13,16,21H,14-15,17H2,1H3,(H,26,30)/b28-23-. The average molecular weight is 428 g/mol. The first-order valence-electron chi connectivity index (χ1n) is 10.4. The minimum atomic E-state index is -0.493. The molecule has 0 spiro atoms. The van der Waals surface area contributed by atoms with Crippen LogP contribution in [0.25, 0.3) is 0 Å². The smallest absolute Gasteiger partial charge is 0.349 e. The van der Waals surface area contributed by atoms with Gasteiger partial charge in [0.2, 0.25) is 0 Å². The monoisotopic (exact) mass is 428 g/mol. The highest BCUT2D eigenvalue weighted by molar-refractivity contribution is 6.24. The van der Waals surface area contributed by atoms with Gasteiger partial charge in [0.15, 0.2) is 0 Å². The number of ether oxygens (including phenoxy) is 1. The van der Waals surface area contributed by atoms with E-state index in [1.807, 2.05) is 72.8 Å². The average Bonchev–Trinajstić information content (AvgIpc) is 2.83. The predicted molar refractivity (Wildman–Crippen MR) is 124 cm³/mol.